The molecule has 0 saturated heterocycles. The molecule has 0 aliphatic rings. The number of hydrogen-bond acceptors (Lipinski definition) is 4. The van der Waals surface area contributed by atoms with E-state index in [2.05, 4.69) is 4.74 Å². The second kappa shape index (κ2) is 6.50. The van der Waals surface area contributed by atoms with E-state index in [0.29, 0.717) is 0 Å². The van der Waals surface area contributed by atoms with Gasteiger partial charge >= 0.3 is 12.1 Å². The molecule has 0 aromatic carbocycles. The molecule has 6 heteroatoms. The molecule has 0 radical (unpaired) electrons. The minimum absolute atomic E-state index is 0.152. The standard InChI is InChI=1S/C9H16ClNO4/c1-5-15-8(12)7(6(2)3)11(10)9(13)14-4/h6-7H,5H2,1-4H3. The molecule has 0 bridgehead atoms. The van der Waals surface area contributed by atoms with Crippen LogP contribution < -0.4 is 0 Å². The number of esters is 1. The second-order valence-electron chi connectivity index (χ2n) is 3.22. The molecule has 0 saturated carbocycles. The van der Waals surface area contributed by atoms with Gasteiger partial charge in [-0.25, -0.2) is 14.0 Å². The van der Waals surface area contributed by atoms with Crippen LogP contribution in [0, 0.1) is 5.92 Å². The Bertz CT molecular complexity index is 232. The minimum atomic E-state index is -0.834. The number of hydrogen-bond donors (Lipinski definition) is 0. The maximum absolute atomic E-state index is 11.5. The highest BCUT2D eigenvalue weighted by Gasteiger charge is 2.33. The van der Waals surface area contributed by atoms with Gasteiger partial charge in [0.15, 0.2) is 6.04 Å². The van der Waals surface area contributed by atoms with Gasteiger partial charge in [-0.1, -0.05) is 13.8 Å². The smallest absolute Gasteiger partial charge is 0.425 e. The number of rotatable bonds is 4. The van der Waals surface area contributed by atoms with Gasteiger partial charge in [0.05, 0.1) is 13.7 Å². The lowest BCUT2D eigenvalue weighted by Gasteiger charge is -2.25. The number of carbonyl (C=O) groups is 2. The van der Waals surface area contributed by atoms with Gasteiger partial charge in [-0.15, -0.1) is 0 Å². The molecule has 88 valence electrons. The summed E-state index contributed by atoms with van der Waals surface area (Å²) in [6, 6.07) is -0.834. The first-order valence-electron chi connectivity index (χ1n) is 4.65. The van der Waals surface area contributed by atoms with Crippen LogP contribution in [0.1, 0.15) is 20.8 Å². The second-order valence-corrected chi connectivity index (χ2v) is 3.59. The first-order chi connectivity index (χ1) is 6.95. The quantitative estimate of drug-likeness (QED) is 0.553. The van der Waals surface area contributed by atoms with Gasteiger partial charge in [-0.2, -0.15) is 0 Å². The summed E-state index contributed by atoms with van der Waals surface area (Å²) in [5.41, 5.74) is 0. The minimum Gasteiger partial charge on any atom is -0.464 e. The Morgan fingerprint density at radius 2 is 1.93 bits per heavy atom. The Morgan fingerprint density at radius 3 is 2.27 bits per heavy atom. The fraction of sp³-hybridized carbons (Fsp3) is 0.778. The SMILES string of the molecule is CCOC(=O)C(C(C)C)N(Cl)C(=O)OC. The lowest BCUT2D eigenvalue weighted by atomic mass is 10.1. The molecular formula is C9H16ClNO4. The van der Waals surface area contributed by atoms with Gasteiger partial charge in [0.1, 0.15) is 0 Å². The van der Waals surface area contributed by atoms with Gasteiger partial charge in [0.2, 0.25) is 0 Å². The Kier molecular flexibility index (Phi) is 6.08. The summed E-state index contributed by atoms with van der Waals surface area (Å²) in [6.07, 6.45) is -0.775. The van der Waals surface area contributed by atoms with Crippen LogP contribution in [0.25, 0.3) is 0 Å². The Labute approximate surface area is 94.4 Å². The number of nitrogens with zero attached hydrogens (tertiary/aromatic N) is 1. The van der Waals surface area contributed by atoms with Gasteiger partial charge in [-0.05, 0) is 12.8 Å². The first kappa shape index (κ1) is 14.0. The van der Waals surface area contributed by atoms with Gasteiger partial charge in [0.25, 0.3) is 0 Å². The fourth-order valence-corrected chi connectivity index (χ4v) is 1.43. The molecule has 1 unspecified atom stereocenters. The van der Waals surface area contributed by atoms with Crippen LogP contribution in [0.4, 0.5) is 4.79 Å². The van der Waals surface area contributed by atoms with E-state index in [1.807, 2.05) is 0 Å². The molecule has 15 heavy (non-hydrogen) atoms. The zero-order valence-corrected chi connectivity index (χ0v) is 10.1. The summed E-state index contributed by atoms with van der Waals surface area (Å²) in [5, 5.41) is 0. The van der Waals surface area contributed by atoms with Gasteiger partial charge in [0, 0.05) is 11.8 Å². The van der Waals surface area contributed by atoms with E-state index in [1.165, 1.54) is 7.11 Å². The molecule has 0 spiro atoms. The molecule has 1 amide bonds. The Hall–Kier alpha value is -0.970. The lowest BCUT2D eigenvalue weighted by molar-refractivity contribution is -0.148. The summed E-state index contributed by atoms with van der Waals surface area (Å²) in [7, 11) is 1.19. The molecular weight excluding hydrogens is 222 g/mol. The molecule has 0 heterocycles. The highest BCUT2D eigenvalue weighted by atomic mass is 35.5. The molecule has 0 aliphatic carbocycles. The molecule has 0 N–H and O–H groups in total. The predicted octanol–water partition coefficient (Wildman–Crippen LogP) is 1.80. The van der Waals surface area contributed by atoms with E-state index >= 15 is 0 Å². The molecule has 0 aliphatic heterocycles. The largest absolute Gasteiger partial charge is 0.464 e. The zero-order valence-electron chi connectivity index (χ0n) is 9.32. The van der Waals surface area contributed by atoms with Crippen LogP contribution in [0.2, 0.25) is 0 Å². The van der Waals surface area contributed by atoms with Crippen molar-refractivity contribution < 1.29 is 19.1 Å². The van der Waals surface area contributed by atoms with Crippen molar-refractivity contribution in [2.24, 2.45) is 5.92 Å². The highest BCUT2D eigenvalue weighted by molar-refractivity contribution is 6.21. The van der Waals surface area contributed by atoms with E-state index in [9.17, 15) is 9.59 Å². The van der Waals surface area contributed by atoms with Crippen LogP contribution in [-0.4, -0.2) is 36.2 Å². The third kappa shape index (κ3) is 3.95. The van der Waals surface area contributed by atoms with Crippen molar-refractivity contribution in [3.63, 3.8) is 0 Å². The van der Waals surface area contributed by atoms with Crippen molar-refractivity contribution in [1.82, 2.24) is 4.42 Å². The van der Waals surface area contributed by atoms with Crippen LogP contribution >= 0.6 is 11.8 Å². The maximum Gasteiger partial charge on any atom is 0.425 e. The van der Waals surface area contributed by atoms with Crippen molar-refractivity contribution in [1.29, 1.82) is 0 Å². The molecule has 1 atom stereocenters. The van der Waals surface area contributed by atoms with Crippen molar-refractivity contribution in [2.45, 2.75) is 26.8 Å². The average Bonchev–Trinajstić information content (AvgIpc) is 2.16. The Morgan fingerprint density at radius 1 is 1.40 bits per heavy atom. The van der Waals surface area contributed by atoms with E-state index < -0.39 is 18.1 Å². The summed E-state index contributed by atoms with van der Waals surface area (Å²) in [6.45, 7) is 5.46. The number of amides is 1. The summed E-state index contributed by atoms with van der Waals surface area (Å²) in [5.74, 6) is -0.687. The first-order valence-corrected chi connectivity index (χ1v) is 4.99. The van der Waals surface area contributed by atoms with Crippen LogP contribution in [0.15, 0.2) is 0 Å². The maximum atomic E-state index is 11.5. The fourth-order valence-electron chi connectivity index (χ4n) is 1.05. The van der Waals surface area contributed by atoms with Gasteiger partial charge < -0.3 is 9.47 Å². The van der Waals surface area contributed by atoms with Crippen molar-refractivity contribution >= 4 is 23.8 Å². The average molecular weight is 238 g/mol. The monoisotopic (exact) mass is 237 g/mol. The van der Waals surface area contributed by atoms with E-state index in [1.54, 1.807) is 20.8 Å². The number of halogens is 1. The van der Waals surface area contributed by atoms with Crippen molar-refractivity contribution in [3.05, 3.63) is 0 Å². The van der Waals surface area contributed by atoms with E-state index in [-0.39, 0.29) is 12.5 Å². The summed E-state index contributed by atoms with van der Waals surface area (Å²) >= 11 is 5.68. The summed E-state index contributed by atoms with van der Waals surface area (Å²) in [4.78, 5) is 22.6. The van der Waals surface area contributed by atoms with E-state index in [4.69, 9.17) is 16.5 Å². The number of carbonyl (C=O) groups excluding carboxylic acids is 2. The zero-order chi connectivity index (χ0) is 12.0. The highest BCUT2D eigenvalue weighted by Crippen LogP contribution is 2.16. The molecule has 0 rings (SSSR count). The number of ether oxygens (including phenoxy) is 2. The van der Waals surface area contributed by atoms with E-state index in [0.717, 1.165) is 4.42 Å². The van der Waals surface area contributed by atoms with Crippen molar-refractivity contribution in [2.75, 3.05) is 13.7 Å². The van der Waals surface area contributed by atoms with Crippen LogP contribution in [0.5, 0.6) is 0 Å². The molecule has 0 aromatic heterocycles. The molecule has 0 fully saturated rings. The van der Waals surface area contributed by atoms with Crippen LogP contribution in [0.3, 0.4) is 0 Å². The Balaban J connectivity index is 4.65. The van der Waals surface area contributed by atoms with Crippen molar-refractivity contribution in [3.8, 4) is 0 Å². The normalized spacial score (nSPS) is 12.1. The van der Waals surface area contributed by atoms with Gasteiger partial charge in [-0.3, -0.25) is 0 Å². The third-order valence-corrected chi connectivity index (χ3v) is 2.10. The topological polar surface area (TPSA) is 55.8 Å². The third-order valence-electron chi connectivity index (χ3n) is 1.75. The predicted molar refractivity (Wildman–Crippen MR) is 55.4 cm³/mol. The molecule has 5 nitrogen and oxygen atoms in total. The lowest BCUT2D eigenvalue weighted by Crippen LogP contribution is -2.43. The summed E-state index contributed by atoms with van der Waals surface area (Å²) < 4.78 is 9.95. The number of methoxy groups -OCH3 is 1. The molecule has 0 aromatic rings. The van der Waals surface area contributed by atoms with Crippen LogP contribution in [-0.2, 0) is 14.3 Å².